The number of ether oxygens (including phenoxy) is 1. The van der Waals surface area contributed by atoms with Crippen LogP contribution in [0.4, 0.5) is 0 Å². The van der Waals surface area contributed by atoms with Crippen LogP contribution in [0.3, 0.4) is 0 Å². The zero-order chi connectivity index (χ0) is 16.5. The van der Waals surface area contributed by atoms with Gasteiger partial charge >= 0.3 is 0 Å². The number of imidazole rings is 1. The van der Waals surface area contributed by atoms with Crippen molar-refractivity contribution in [3.63, 3.8) is 0 Å². The topological polar surface area (TPSA) is 67.0 Å². The third-order valence-corrected chi connectivity index (χ3v) is 5.01. The van der Waals surface area contributed by atoms with Crippen molar-refractivity contribution in [2.75, 3.05) is 13.7 Å². The predicted octanol–water partition coefficient (Wildman–Crippen LogP) is 3.22. The van der Waals surface area contributed by atoms with E-state index in [9.17, 15) is 4.79 Å². The summed E-state index contributed by atoms with van der Waals surface area (Å²) in [5.41, 5.74) is 3.48. The fraction of sp³-hybridized carbons (Fsp3) is 0.222. The summed E-state index contributed by atoms with van der Waals surface area (Å²) in [6.07, 6.45) is 0.714. The summed E-state index contributed by atoms with van der Waals surface area (Å²) in [4.78, 5) is 20.2. The lowest BCUT2D eigenvalue weighted by molar-refractivity contribution is 0.0950. The zero-order valence-electron chi connectivity index (χ0n) is 13.2. The highest BCUT2D eigenvalue weighted by atomic mass is 32.1. The molecule has 24 heavy (non-hydrogen) atoms. The normalized spacial score (nSPS) is 17.0. The Hall–Kier alpha value is -2.60. The van der Waals surface area contributed by atoms with E-state index in [4.69, 9.17) is 4.74 Å². The van der Waals surface area contributed by atoms with Gasteiger partial charge in [0, 0.05) is 29.1 Å². The lowest BCUT2D eigenvalue weighted by Crippen LogP contribution is -2.26. The largest absolute Gasteiger partial charge is 0.496 e. The van der Waals surface area contributed by atoms with Gasteiger partial charge < -0.3 is 15.0 Å². The fourth-order valence-electron chi connectivity index (χ4n) is 3.12. The molecule has 4 rings (SSSR count). The third kappa shape index (κ3) is 2.59. The Morgan fingerprint density at radius 2 is 2.17 bits per heavy atom. The van der Waals surface area contributed by atoms with Gasteiger partial charge in [-0.05, 0) is 29.5 Å². The highest BCUT2D eigenvalue weighted by Crippen LogP contribution is 2.32. The molecule has 5 nitrogen and oxygen atoms in total. The molecule has 0 radical (unpaired) electrons. The number of hydrogen-bond donors (Lipinski definition) is 2. The number of carbonyl (C=O) groups is 1. The van der Waals surface area contributed by atoms with Crippen LogP contribution >= 0.6 is 11.3 Å². The SMILES string of the molecule is COc1ccccc1[C@H]1CNC(=O)c2nc(-c3ccsc3)[nH]c2C1. The highest BCUT2D eigenvalue weighted by molar-refractivity contribution is 7.08. The number of methoxy groups -OCH3 is 1. The van der Waals surface area contributed by atoms with Gasteiger partial charge in [-0.2, -0.15) is 11.3 Å². The van der Waals surface area contributed by atoms with E-state index in [0.29, 0.717) is 18.7 Å². The van der Waals surface area contributed by atoms with Gasteiger partial charge in [-0.1, -0.05) is 18.2 Å². The number of amides is 1. The van der Waals surface area contributed by atoms with Crippen LogP contribution in [0.5, 0.6) is 5.75 Å². The van der Waals surface area contributed by atoms with Crippen molar-refractivity contribution in [1.29, 1.82) is 0 Å². The highest BCUT2D eigenvalue weighted by Gasteiger charge is 2.27. The van der Waals surface area contributed by atoms with Crippen molar-refractivity contribution in [3.05, 3.63) is 58.0 Å². The standard InChI is InChI=1S/C18H17N3O2S/c1-23-15-5-3-2-4-13(15)12-8-14-16(18(22)19-9-12)21-17(20-14)11-6-7-24-10-11/h2-7,10,12H,8-9H2,1H3,(H,19,22)(H,20,21)/t12-/m1/s1. The van der Waals surface area contributed by atoms with E-state index in [1.54, 1.807) is 18.4 Å². The van der Waals surface area contributed by atoms with Crippen molar-refractivity contribution in [2.24, 2.45) is 0 Å². The van der Waals surface area contributed by atoms with Crippen molar-refractivity contribution in [1.82, 2.24) is 15.3 Å². The second kappa shape index (κ2) is 6.13. The van der Waals surface area contributed by atoms with Crippen molar-refractivity contribution < 1.29 is 9.53 Å². The molecule has 122 valence electrons. The van der Waals surface area contributed by atoms with Crippen LogP contribution in [0.15, 0.2) is 41.1 Å². The first-order valence-electron chi connectivity index (χ1n) is 7.79. The molecule has 1 aromatic carbocycles. The summed E-state index contributed by atoms with van der Waals surface area (Å²) in [5.74, 6) is 1.61. The molecule has 3 aromatic rings. The van der Waals surface area contributed by atoms with E-state index in [2.05, 4.69) is 21.4 Å². The molecule has 1 amide bonds. The second-order valence-electron chi connectivity index (χ2n) is 5.78. The van der Waals surface area contributed by atoms with Gasteiger partial charge in [0.2, 0.25) is 0 Å². The Balaban J connectivity index is 1.72. The minimum atomic E-state index is -0.125. The summed E-state index contributed by atoms with van der Waals surface area (Å²) in [6.45, 7) is 0.567. The molecule has 1 aliphatic rings. The number of carbonyl (C=O) groups excluding carboxylic acids is 1. The molecular weight excluding hydrogens is 322 g/mol. The Kier molecular flexibility index (Phi) is 3.82. The molecule has 1 aliphatic heterocycles. The van der Waals surface area contributed by atoms with E-state index in [-0.39, 0.29) is 11.8 Å². The van der Waals surface area contributed by atoms with Crippen LogP contribution in [0, 0.1) is 0 Å². The first-order chi connectivity index (χ1) is 11.8. The number of nitrogens with one attached hydrogen (secondary N) is 2. The maximum absolute atomic E-state index is 12.4. The average molecular weight is 339 g/mol. The Morgan fingerprint density at radius 3 is 2.96 bits per heavy atom. The van der Waals surface area contributed by atoms with Crippen molar-refractivity contribution >= 4 is 17.2 Å². The van der Waals surface area contributed by atoms with Gasteiger partial charge in [-0.25, -0.2) is 4.98 Å². The maximum Gasteiger partial charge on any atom is 0.271 e. The van der Waals surface area contributed by atoms with Crippen LogP contribution in [-0.4, -0.2) is 29.5 Å². The molecular formula is C18H17N3O2S. The summed E-state index contributed by atoms with van der Waals surface area (Å²) >= 11 is 1.61. The minimum absolute atomic E-state index is 0.125. The molecule has 0 spiro atoms. The molecule has 2 N–H and O–H groups in total. The fourth-order valence-corrected chi connectivity index (χ4v) is 3.76. The monoisotopic (exact) mass is 339 g/mol. The number of fused-ring (bicyclic) bond motifs is 1. The number of hydrogen-bond acceptors (Lipinski definition) is 4. The van der Waals surface area contributed by atoms with E-state index in [0.717, 1.165) is 28.4 Å². The van der Waals surface area contributed by atoms with Crippen LogP contribution in [-0.2, 0) is 6.42 Å². The van der Waals surface area contributed by atoms with Gasteiger partial charge in [0.05, 0.1) is 7.11 Å². The molecule has 3 heterocycles. The van der Waals surface area contributed by atoms with Gasteiger partial charge in [0.25, 0.3) is 5.91 Å². The lowest BCUT2D eigenvalue weighted by Gasteiger charge is -2.17. The lowest BCUT2D eigenvalue weighted by atomic mass is 9.93. The molecule has 0 bridgehead atoms. The Bertz CT molecular complexity index is 870. The summed E-state index contributed by atoms with van der Waals surface area (Å²) in [6, 6.07) is 9.95. The van der Waals surface area contributed by atoms with Gasteiger partial charge in [-0.15, -0.1) is 0 Å². The summed E-state index contributed by atoms with van der Waals surface area (Å²) in [5, 5.41) is 7.01. The molecule has 0 aliphatic carbocycles. The molecule has 0 saturated carbocycles. The average Bonchev–Trinajstić information content (AvgIpc) is 3.25. The molecule has 1 atom stereocenters. The molecule has 0 saturated heterocycles. The van der Waals surface area contributed by atoms with E-state index in [1.807, 2.05) is 35.0 Å². The quantitative estimate of drug-likeness (QED) is 0.770. The van der Waals surface area contributed by atoms with Crippen LogP contribution in [0.2, 0.25) is 0 Å². The molecule has 0 unspecified atom stereocenters. The van der Waals surface area contributed by atoms with Crippen molar-refractivity contribution in [2.45, 2.75) is 12.3 Å². The molecule has 6 heteroatoms. The number of thiophene rings is 1. The van der Waals surface area contributed by atoms with Gasteiger partial charge in [0.1, 0.15) is 17.3 Å². The summed E-state index contributed by atoms with van der Waals surface area (Å²) < 4.78 is 5.48. The number of nitrogens with zero attached hydrogens (tertiary/aromatic N) is 1. The summed E-state index contributed by atoms with van der Waals surface area (Å²) in [7, 11) is 1.67. The first kappa shape index (κ1) is 15.0. The zero-order valence-corrected chi connectivity index (χ0v) is 14.0. The number of benzene rings is 1. The maximum atomic E-state index is 12.4. The van der Waals surface area contributed by atoms with E-state index < -0.39 is 0 Å². The molecule has 2 aromatic heterocycles. The number of aromatic amines is 1. The van der Waals surface area contributed by atoms with Crippen LogP contribution < -0.4 is 10.1 Å². The van der Waals surface area contributed by atoms with Crippen LogP contribution in [0.25, 0.3) is 11.4 Å². The first-order valence-corrected chi connectivity index (χ1v) is 8.73. The van der Waals surface area contributed by atoms with E-state index in [1.165, 1.54) is 0 Å². The smallest absolute Gasteiger partial charge is 0.271 e. The number of aromatic nitrogens is 2. The van der Waals surface area contributed by atoms with Gasteiger partial charge in [-0.3, -0.25) is 4.79 Å². The predicted molar refractivity (Wildman–Crippen MR) is 93.7 cm³/mol. The Morgan fingerprint density at radius 1 is 1.29 bits per heavy atom. The second-order valence-corrected chi connectivity index (χ2v) is 6.56. The van der Waals surface area contributed by atoms with Crippen molar-refractivity contribution in [3.8, 4) is 17.1 Å². The molecule has 0 fully saturated rings. The minimum Gasteiger partial charge on any atom is -0.496 e. The van der Waals surface area contributed by atoms with E-state index >= 15 is 0 Å². The Labute approximate surface area is 143 Å². The number of rotatable bonds is 3. The number of para-hydroxylation sites is 1. The van der Waals surface area contributed by atoms with Gasteiger partial charge in [0.15, 0.2) is 0 Å². The van der Waals surface area contributed by atoms with Crippen LogP contribution in [0.1, 0.15) is 27.7 Å². The number of H-pyrrole nitrogens is 1. The third-order valence-electron chi connectivity index (χ3n) is 4.33.